The second-order valence-electron chi connectivity index (χ2n) is 8.41. The van der Waals surface area contributed by atoms with Crippen LogP contribution in [0.1, 0.15) is 16.7 Å². The van der Waals surface area contributed by atoms with E-state index >= 15 is 0 Å². The van der Waals surface area contributed by atoms with Crippen molar-refractivity contribution in [3.63, 3.8) is 0 Å². The van der Waals surface area contributed by atoms with E-state index in [1.54, 1.807) is 0 Å². The van der Waals surface area contributed by atoms with Crippen LogP contribution in [-0.4, -0.2) is 43.6 Å². The minimum Gasteiger partial charge on any atom is -0.483 e. The molecule has 0 atom stereocenters. The average Bonchev–Trinajstić information content (AvgIpc) is 2.84. The fourth-order valence-electron chi connectivity index (χ4n) is 3.88. The Morgan fingerprint density at radius 3 is 2.42 bits per heavy atom. The lowest BCUT2D eigenvalue weighted by atomic mass is 10.0. The molecule has 33 heavy (non-hydrogen) atoms. The lowest BCUT2D eigenvalue weighted by Crippen LogP contribution is -2.43. The maximum absolute atomic E-state index is 12.4. The van der Waals surface area contributed by atoms with Crippen LogP contribution in [0.5, 0.6) is 5.75 Å². The average molecular weight is 464 g/mol. The molecule has 0 spiro atoms. The smallest absolute Gasteiger partial charge is 0.258 e. The van der Waals surface area contributed by atoms with Crippen LogP contribution >= 0.6 is 11.6 Å². The van der Waals surface area contributed by atoms with E-state index in [4.69, 9.17) is 16.3 Å². The van der Waals surface area contributed by atoms with E-state index in [0.29, 0.717) is 11.6 Å². The van der Waals surface area contributed by atoms with Gasteiger partial charge < -0.3 is 15.4 Å². The summed E-state index contributed by atoms with van der Waals surface area (Å²) in [6.45, 7) is 7.27. The Morgan fingerprint density at radius 2 is 1.70 bits per heavy atom. The summed E-state index contributed by atoms with van der Waals surface area (Å²) in [5.41, 5.74) is 5.66. The third kappa shape index (κ3) is 6.81. The highest BCUT2D eigenvalue weighted by Gasteiger charge is 2.15. The molecule has 5 nitrogen and oxygen atoms in total. The fourth-order valence-corrected chi connectivity index (χ4v) is 4.00. The zero-order valence-corrected chi connectivity index (χ0v) is 19.7. The van der Waals surface area contributed by atoms with Crippen molar-refractivity contribution in [2.45, 2.75) is 20.0 Å². The van der Waals surface area contributed by atoms with Gasteiger partial charge in [0, 0.05) is 49.9 Å². The van der Waals surface area contributed by atoms with Crippen LogP contribution < -0.4 is 15.4 Å². The van der Waals surface area contributed by atoms with E-state index in [1.807, 2.05) is 30.3 Å². The molecule has 1 amide bonds. The normalized spacial score (nSPS) is 14.1. The number of nitrogens with one attached hydrogen (secondary N) is 2. The first-order chi connectivity index (χ1) is 16.1. The number of halogens is 1. The maximum atomic E-state index is 12.4. The number of piperazine rings is 1. The Bertz CT molecular complexity index is 1060. The van der Waals surface area contributed by atoms with Crippen LogP contribution in [0.3, 0.4) is 0 Å². The van der Waals surface area contributed by atoms with Gasteiger partial charge in [-0.25, -0.2) is 0 Å². The van der Waals surface area contributed by atoms with E-state index in [2.05, 4.69) is 58.9 Å². The summed E-state index contributed by atoms with van der Waals surface area (Å²) in [5.74, 6) is 0.603. The quantitative estimate of drug-likeness (QED) is 0.519. The van der Waals surface area contributed by atoms with Gasteiger partial charge in [-0.05, 0) is 47.9 Å². The number of aryl methyl sites for hydroxylation is 1. The van der Waals surface area contributed by atoms with E-state index in [-0.39, 0.29) is 12.5 Å². The Hall–Kier alpha value is -2.86. The molecule has 1 heterocycles. The molecule has 0 saturated carbocycles. The van der Waals surface area contributed by atoms with Gasteiger partial charge >= 0.3 is 0 Å². The van der Waals surface area contributed by atoms with Gasteiger partial charge in [-0.2, -0.15) is 0 Å². The molecule has 0 radical (unpaired) electrons. The Kier molecular flexibility index (Phi) is 8.00. The summed E-state index contributed by atoms with van der Waals surface area (Å²) in [4.78, 5) is 14.8. The molecule has 3 aromatic rings. The van der Waals surface area contributed by atoms with Crippen molar-refractivity contribution in [2.75, 3.05) is 32.8 Å². The lowest BCUT2D eigenvalue weighted by molar-refractivity contribution is -0.123. The molecule has 1 fully saturated rings. The molecule has 1 aliphatic rings. The van der Waals surface area contributed by atoms with Crippen molar-refractivity contribution in [1.82, 2.24) is 15.5 Å². The number of hydrogen-bond donors (Lipinski definition) is 2. The minimum absolute atomic E-state index is 0.0218. The molecule has 2 N–H and O–H groups in total. The predicted octanol–water partition coefficient (Wildman–Crippen LogP) is 4.42. The number of rotatable bonds is 8. The number of hydrogen-bond acceptors (Lipinski definition) is 4. The molecule has 1 saturated heterocycles. The van der Waals surface area contributed by atoms with Gasteiger partial charge in [0.1, 0.15) is 5.75 Å². The molecule has 6 heteroatoms. The van der Waals surface area contributed by atoms with Gasteiger partial charge in [-0.1, -0.05) is 59.6 Å². The Labute approximate surface area is 200 Å². The second kappa shape index (κ2) is 11.3. The number of carbonyl (C=O) groups excluding carboxylic acids is 1. The fraction of sp³-hybridized carbons (Fsp3) is 0.296. The van der Waals surface area contributed by atoms with Crippen LogP contribution in [-0.2, 0) is 17.9 Å². The molecule has 0 unspecified atom stereocenters. The topological polar surface area (TPSA) is 53.6 Å². The zero-order chi connectivity index (χ0) is 23.0. The summed E-state index contributed by atoms with van der Waals surface area (Å²) in [6.07, 6.45) is 0. The van der Waals surface area contributed by atoms with Crippen molar-refractivity contribution < 1.29 is 9.53 Å². The van der Waals surface area contributed by atoms with Crippen molar-refractivity contribution in [2.24, 2.45) is 0 Å². The van der Waals surface area contributed by atoms with E-state index in [1.165, 1.54) is 11.1 Å². The summed E-state index contributed by atoms with van der Waals surface area (Å²) < 4.78 is 5.98. The van der Waals surface area contributed by atoms with Crippen molar-refractivity contribution in [3.05, 3.63) is 88.4 Å². The Balaban J connectivity index is 1.43. The van der Waals surface area contributed by atoms with E-state index in [0.717, 1.165) is 55.2 Å². The molecular weight excluding hydrogens is 434 g/mol. The minimum atomic E-state index is -0.152. The molecule has 1 aliphatic heterocycles. The summed E-state index contributed by atoms with van der Waals surface area (Å²) >= 11 is 5.92. The monoisotopic (exact) mass is 463 g/mol. The molecular formula is C27H30ClN3O2. The van der Waals surface area contributed by atoms with Gasteiger partial charge in [-0.15, -0.1) is 0 Å². The van der Waals surface area contributed by atoms with Crippen LogP contribution in [0.25, 0.3) is 11.1 Å². The molecule has 0 bridgehead atoms. The van der Waals surface area contributed by atoms with Crippen LogP contribution in [0.4, 0.5) is 0 Å². The molecule has 172 valence electrons. The largest absolute Gasteiger partial charge is 0.483 e. The van der Waals surface area contributed by atoms with Crippen LogP contribution in [0, 0.1) is 6.92 Å². The number of nitrogens with zero attached hydrogens (tertiary/aromatic N) is 1. The highest BCUT2D eigenvalue weighted by atomic mass is 35.5. The Morgan fingerprint density at radius 1 is 1.00 bits per heavy atom. The van der Waals surface area contributed by atoms with Gasteiger partial charge in [-0.3, -0.25) is 9.69 Å². The van der Waals surface area contributed by atoms with Gasteiger partial charge in [0.15, 0.2) is 6.61 Å². The zero-order valence-electron chi connectivity index (χ0n) is 18.9. The number of carbonyl (C=O) groups is 1. The van der Waals surface area contributed by atoms with Gasteiger partial charge in [0.2, 0.25) is 0 Å². The molecule has 0 aromatic heterocycles. The van der Waals surface area contributed by atoms with E-state index < -0.39 is 0 Å². The SMILES string of the molecule is Cc1ccc(-c2ccc(OCC(=O)NCc3ccc(Cl)cc3)c(CN3CCNCC3)c2)cc1. The maximum Gasteiger partial charge on any atom is 0.258 e. The summed E-state index contributed by atoms with van der Waals surface area (Å²) in [6, 6.07) is 22.2. The summed E-state index contributed by atoms with van der Waals surface area (Å²) in [5, 5.41) is 6.98. The first-order valence-corrected chi connectivity index (χ1v) is 11.7. The predicted molar refractivity (Wildman–Crippen MR) is 134 cm³/mol. The number of ether oxygens (including phenoxy) is 1. The number of benzene rings is 3. The molecule has 4 rings (SSSR count). The highest BCUT2D eigenvalue weighted by Crippen LogP contribution is 2.28. The number of amides is 1. The van der Waals surface area contributed by atoms with Crippen LogP contribution in [0.2, 0.25) is 5.02 Å². The third-order valence-electron chi connectivity index (χ3n) is 5.81. The second-order valence-corrected chi connectivity index (χ2v) is 8.84. The molecule has 3 aromatic carbocycles. The first kappa shape index (κ1) is 23.3. The van der Waals surface area contributed by atoms with Crippen LogP contribution in [0.15, 0.2) is 66.7 Å². The highest BCUT2D eigenvalue weighted by molar-refractivity contribution is 6.30. The lowest BCUT2D eigenvalue weighted by Gasteiger charge is -2.28. The third-order valence-corrected chi connectivity index (χ3v) is 6.06. The van der Waals surface area contributed by atoms with Crippen molar-refractivity contribution in [3.8, 4) is 16.9 Å². The van der Waals surface area contributed by atoms with Gasteiger partial charge in [0.05, 0.1) is 0 Å². The molecule has 0 aliphatic carbocycles. The van der Waals surface area contributed by atoms with Crippen molar-refractivity contribution in [1.29, 1.82) is 0 Å². The van der Waals surface area contributed by atoms with Gasteiger partial charge in [0.25, 0.3) is 5.91 Å². The first-order valence-electron chi connectivity index (χ1n) is 11.3. The standard InChI is InChI=1S/C27H30ClN3O2/c1-20-2-6-22(7-3-20)23-8-11-26(24(16-23)18-31-14-12-29-13-15-31)33-19-27(32)30-17-21-4-9-25(28)10-5-21/h2-11,16,29H,12-15,17-19H2,1H3,(H,30,32). The van der Waals surface area contributed by atoms with Crippen molar-refractivity contribution >= 4 is 17.5 Å². The summed E-state index contributed by atoms with van der Waals surface area (Å²) in [7, 11) is 0. The van der Waals surface area contributed by atoms with E-state index in [9.17, 15) is 4.79 Å².